The van der Waals surface area contributed by atoms with Gasteiger partial charge >= 0.3 is 5.97 Å². The quantitative estimate of drug-likeness (QED) is 0.569. The monoisotopic (exact) mass is 169 g/mol. The molecule has 1 aliphatic heterocycles. The van der Waals surface area contributed by atoms with Gasteiger partial charge in [-0.3, -0.25) is 9.59 Å². The lowest BCUT2D eigenvalue weighted by atomic mass is 10.2. The number of methoxy groups -OCH3 is 1. The lowest BCUT2D eigenvalue weighted by Crippen LogP contribution is -2.22. The van der Waals surface area contributed by atoms with Gasteiger partial charge < -0.3 is 10.1 Å². The highest BCUT2D eigenvalue weighted by molar-refractivity contribution is 5.86. The van der Waals surface area contributed by atoms with Crippen LogP contribution in [-0.4, -0.2) is 25.5 Å². The number of nitrogens with one attached hydrogen (secondary N) is 1. The van der Waals surface area contributed by atoms with Crippen molar-refractivity contribution in [3.63, 3.8) is 0 Å². The largest absolute Gasteiger partial charge is 0.469 e. The van der Waals surface area contributed by atoms with Crippen molar-refractivity contribution in [2.45, 2.75) is 6.42 Å². The Hall–Kier alpha value is -1.06. The van der Waals surface area contributed by atoms with Crippen molar-refractivity contribution >= 4 is 11.9 Å². The Morgan fingerprint density at radius 3 is 3.00 bits per heavy atom. The smallest absolute Gasteiger partial charge is 0.305 e. The number of hydrogen-bond acceptors (Lipinski definition) is 3. The topological polar surface area (TPSA) is 55.4 Å². The van der Waals surface area contributed by atoms with Crippen molar-refractivity contribution in [3.8, 4) is 0 Å². The van der Waals surface area contributed by atoms with Gasteiger partial charge in [-0.05, 0) is 11.8 Å². The molecule has 0 bridgehead atoms. The number of ether oxygens (including phenoxy) is 1. The Kier molecular flexibility index (Phi) is 1.56. The van der Waals surface area contributed by atoms with Gasteiger partial charge in [-0.1, -0.05) is 0 Å². The van der Waals surface area contributed by atoms with Gasteiger partial charge in [0.15, 0.2) is 0 Å². The summed E-state index contributed by atoms with van der Waals surface area (Å²) in [6, 6.07) is 0. The third-order valence-corrected chi connectivity index (χ3v) is 2.78. The second-order valence-corrected chi connectivity index (χ2v) is 3.38. The maximum atomic E-state index is 11.0. The van der Waals surface area contributed by atoms with E-state index in [0.29, 0.717) is 12.3 Å². The summed E-state index contributed by atoms with van der Waals surface area (Å²) >= 11 is 0. The van der Waals surface area contributed by atoms with Crippen molar-refractivity contribution in [2.24, 2.45) is 17.8 Å². The number of amides is 1. The van der Waals surface area contributed by atoms with E-state index in [1.165, 1.54) is 7.11 Å². The van der Waals surface area contributed by atoms with Crippen LogP contribution in [0.2, 0.25) is 0 Å². The molecule has 2 aliphatic rings. The predicted octanol–water partition coefficient (Wildman–Crippen LogP) is -0.459. The predicted molar refractivity (Wildman–Crippen MR) is 40.1 cm³/mol. The van der Waals surface area contributed by atoms with Crippen LogP contribution in [0.1, 0.15) is 6.42 Å². The summed E-state index contributed by atoms with van der Waals surface area (Å²) in [7, 11) is 1.38. The Morgan fingerprint density at radius 1 is 1.75 bits per heavy atom. The molecular formula is C8H11NO3. The van der Waals surface area contributed by atoms with Crippen LogP contribution >= 0.6 is 0 Å². The van der Waals surface area contributed by atoms with E-state index < -0.39 is 0 Å². The van der Waals surface area contributed by atoms with Crippen molar-refractivity contribution < 1.29 is 14.3 Å². The zero-order chi connectivity index (χ0) is 8.72. The first-order valence-electron chi connectivity index (χ1n) is 4.08. The first-order chi connectivity index (χ1) is 5.74. The van der Waals surface area contributed by atoms with Crippen molar-refractivity contribution in [3.05, 3.63) is 0 Å². The zero-order valence-corrected chi connectivity index (χ0v) is 6.87. The zero-order valence-electron chi connectivity index (χ0n) is 6.87. The fourth-order valence-electron chi connectivity index (χ4n) is 2.00. The van der Waals surface area contributed by atoms with Gasteiger partial charge in [-0.2, -0.15) is 0 Å². The van der Waals surface area contributed by atoms with E-state index in [1.807, 2.05) is 0 Å². The lowest BCUT2D eigenvalue weighted by molar-refractivity contribution is -0.141. The second-order valence-electron chi connectivity index (χ2n) is 3.38. The SMILES string of the molecule is COC(=O)CC1C2CNC(=O)C21. The highest BCUT2D eigenvalue weighted by Crippen LogP contribution is 2.51. The van der Waals surface area contributed by atoms with Crippen molar-refractivity contribution in [2.75, 3.05) is 13.7 Å². The summed E-state index contributed by atoms with van der Waals surface area (Å²) < 4.78 is 4.53. The molecule has 3 unspecified atom stereocenters. The molecule has 1 amide bonds. The summed E-state index contributed by atoms with van der Waals surface area (Å²) in [4.78, 5) is 21.9. The average Bonchev–Trinajstić information content (AvgIpc) is 2.59. The lowest BCUT2D eigenvalue weighted by Gasteiger charge is -2.01. The van der Waals surface area contributed by atoms with Gasteiger partial charge in [-0.25, -0.2) is 0 Å². The van der Waals surface area contributed by atoms with Gasteiger partial charge in [0.25, 0.3) is 0 Å². The first-order valence-corrected chi connectivity index (χ1v) is 4.08. The minimum absolute atomic E-state index is 0.101. The molecule has 4 heteroatoms. The maximum Gasteiger partial charge on any atom is 0.305 e. The van der Waals surface area contributed by atoms with Gasteiger partial charge in [0.05, 0.1) is 7.11 Å². The molecule has 0 aromatic carbocycles. The number of fused-ring (bicyclic) bond motifs is 1. The van der Waals surface area contributed by atoms with Crippen LogP contribution in [0.25, 0.3) is 0 Å². The van der Waals surface area contributed by atoms with E-state index in [0.717, 1.165) is 6.54 Å². The fourth-order valence-corrected chi connectivity index (χ4v) is 2.00. The standard InChI is InChI=1S/C8H11NO3/c1-12-6(10)2-4-5-3-9-8(11)7(4)5/h4-5,7H,2-3H2,1H3,(H,9,11). The van der Waals surface area contributed by atoms with E-state index in [1.54, 1.807) is 0 Å². The molecule has 1 saturated heterocycles. The highest BCUT2D eigenvalue weighted by atomic mass is 16.5. The van der Waals surface area contributed by atoms with E-state index in [9.17, 15) is 9.59 Å². The van der Waals surface area contributed by atoms with Crippen molar-refractivity contribution in [1.29, 1.82) is 0 Å². The molecule has 2 rings (SSSR count). The summed E-state index contributed by atoms with van der Waals surface area (Å²) in [6.07, 6.45) is 0.402. The number of carbonyl (C=O) groups is 2. The molecule has 2 fully saturated rings. The number of carbonyl (C=O) groups excluding carboxylic acids is 2. The van der Waals surface area contributed by atoms with E-state index in [2.05, 4.69) is 10.1 Å². The van der Waals surface area contributed by atoms with Crippen LogP contribution in [0.15, 0.2) is 0 Å². The van der Waals surface area contributed by atoms with Gasteiger partial charge in [0, 0.05) is 18.9 Å². The minimum Gasteiger partial charge on any atom is -0.469 e. The molecular weight excluding hydrogens is 158 g/mol. The van der Waals surface area contributed by atoms with Gasteiger partial charge in [-0.15, -0.1) is 0 Å². The van der Waals surface area contributed by atoms with E-state index in [4.69, 9.17) is 0 Å². The molecule has 66 valence electrons. The number of hydrogen-bond donors (Lipinski definition) is 1. The van der Waals surface area contributed by atoms with Crippen LogP contribution in [0, 0.1) is 17.8 Å². The minimum atomic E-state index is -0.206. The third-order valence-electron chi connectivity index (χ3n) is 2.78. The summed E-state index contributed by atoms with van der Waals surface area (Å²) in [5.74, 6) is 0.656. The van der Waals surface area contributed by atoms with Crippen LogP contribution in [0.3, 0.4) is 0 Å². The second kappa shape index (κ2) is 2.47. The Morgan fingerprint density at radius 2 is 2.50 bits per heavy atom. The summed E-state index contributed by atoms with van der Waals surface area (Å²) in [6.45, 7) is 0.741. The van der Waals surface area contributed by atoms with Crippen LogP contribution < -0.4 is 5.32 Å². The fraction of sp³-hybridized carbons (Fsp3) is 0.750. The normalized spacial score (nSPS) is 37.1. The molecule has 1 N–H and O–H groups in total. The molecule has 0 aromatic heterocycles. The van der Waals surface area contributed by atoms with E-state index >= 15 is 0 Å². The Bertz CT molecular complexity index is 238. The molecule has 1 heterocycles. The summed E-state index contributed by atoms with van der Waals surface area (Å²) in [5.41, 5.74) is 0. The molecule has 0 spiro atoms. The van der Waals surface area contributed by atoms with Gasteiger partial charge in [0.2, 0.25) is 5.91 Å². The molecule has 0 radical (unpaired) electrons. The molecule has 1 saturated carbocycles. The molecule has 4 nitrogen and oxygen atoms in total. The third kappa shape index (κ3) is 0.983. The molecule has 3 atom stereocenters. The Balaban J connectivity index is 1.88. The number of piperidine rings is 1. The number of esters is 1. The summed E-state index contributed by atoms with van der Waals surface area (Å²) in [5, 5.41) is 2.75. The van der Waals surface area contributed by atoms with Crippen LogP contribution in [-0.2, 0) is 14.3 Å². The van der Waals surface area contributed by atoms with Crippen LogP contribution in [0.5, 0.6) is 0 Å². The van der Waals surface area contributed by atoms with Gasteiger partial charge in [0.1, 0.15) is 0 Å². The van der Waals surface area contributed by atoms with Crippen molar-refractivity contribution in [1.82, 2.24) is 5.32 Å². The molecule has 12 heavy (non-hydrogen) atoms. The Labute approximate surface area is 70.3 Å². The maximum absolute atomic E-state index is 11.0. The molecule has 0 aromatic rings. The van der Waals surface area contributed by atoms with E-state index in [-0.39, 0.29) is 23.7 Å². The first kappa shape index (κ1) is 7.58. The average molecular weight is 169 g/mol. The highest BCUT2D eigenvalue weighted by Gasteiger charge is 2.58. The molecule has 1 aliphatic carbocycles. The number of rotatable bonds is 2. The van der Waals surface area contributed by atoms with Crippen LogP contribution in [0.4, 0.5) is 0 Å².